The molecule has 4 nitrogen and oxygen atoms in total. The number of rotatable bonds is 2. The van der Waals surface area contributed by atoms with Crippen molar-refractivity contribution in [2.24, 2.45) is 0 Å². The van der Waals surface area contributed by atoms with Crippen molar-refractivity contribution in [2.75, 3.05) is 32.8 Å². The van der Waals surface area contributed by atoms with Gasteiger partial charge in [0.1, 0.15) is 0 Å². The van der Waals surface area contributed by atoms with E-state index in [2.05, 4.69) is 5.32 Å². The molecule has 0 radical (unpaired) electrons. The molecule has 1 N–H and O–H groups in total. The number of nitrogens with one attached hydrogen (secondary N) is 1. The molecule has 78 valence electrons. The first-order valence-electron chi connectivity index (χ1n) is 4.47. The Hall–Kier alpha value is -0.480. The van der Waals surface area contributed by atoms with Gasteiger partial charge in [0, 0.05) is 26.2 Å². The highest BCUT2D eigenvalue weighted by atomic mass is 35.5. The van der Waals surface area contributed by atoms with Crippen molar-refractivity contribution in [3.05, 3.63) is 0 Å². The van der Waals surface area contributed by atoms with Gasteiger partial charge < -0.3 is 15.0 Å². The van der Waals surface area contributed by atoms with E-state index < -0.39 is 0 Å². The highest BCUT2D eigenvalue weighted by molar-refractivity contribution is 5.85. The van der Waals surface area contributed by atoms with Crippen LogP contribution >= 0.6 is 12.4 Å². The molecule has 0 bridgehead atoms. The summed E-state index contributed by atoms with van der Waals surface area (Å²) in [7, 11) is 0. The molecule has 13 heavy (non-hydrogen) atoms. The Balaban J connectivity index is 0.00000144. The van der Waals surface area contributed by atoms with Gasteiger partial charge in [0.15, 0.2) is 0 Å². The number of ether oxygens (including phenoxy) is 1. The van der Waals surface area contributed by atoms with Crippen LogP contribution in [-0.2, 0) is 4.74 Å². The second-order valence-electron chi connectivity index (χ2n) is 2.85. The number of halogens is 1. The lowest BCUT2D eigenvalue weighted by Crippen LogP contribution is -2.46. The van der Waals surface area contributed by atoms with Crippen LogP contribution in [0.1, 0.15) is 13.3 Å². The van der Waals surface area contributed by atoms with Crippen LogP contribution in [0.15, 0.2) is 0 Å². The third kappa shape index (κ3) is 4.33. The Morgan fingerprint density at radius 3 is 2.62 bits per heavy atom. The lowest BCUT2D eigenvalue weighted by atomic mass is 10.4. The van der Waals surface area contributed by atoms with E-state index in [-0.39, 0.29) is 18.5 Å². The van der Waals surface area contributed by atoms with E-state index in [0.717, 1.165) is 32.6 Å². The molecule has 1 fully saturated rings. The maximum atomic E-state index is 11.2. The van der Waals surface area contributed by atoms with Gasteiger partial charge in [0.25, 0.3) is 0 Å². The first-order valence-corrected chi connectivity index (χ1v) is 4.47. The molecule has 1 saturated heterocycles. The topological polar surface area (TPSA) is 41.6 Å². The van der Waals surface area contributed by atoms with Gasteiger partial charge in [-0.1, -0.05) is 6.92 Å². The van der Waals surface area contributed by atoms with Crippen LogP contribution in [0, 0.1) is 0 Å². The Labute approximate surface area is 85.0 Å². The summed E-state index contributed by atoms with van der Waals surface area (Å²) in [6.07, 6.45) is 0.719. The maximum Gasteiger partial charge on any atom is 0.409 e. The standard InChI is InChI=1S/C8H16N2O2.ClH/c1-2-7-12-8(11)10-5-3-9-4-6-10;/h9H,2-7H2,1H3;1H. The minimum Gasteiger partial charge on any atom is -0.449 e. The van der Waals surface area contributed by atoms with Crippen molar-refractivity contribution in [3.8, 4) is 0 Å². The van der Waals surface area contributed by atoms with Crippen LogP contribution in [-0.4, -0.2) is 43.8 Å². The summed E-state index contributed by atoms with van der Waals surface area (Å²) in [6.45, 7) is 5.81. The van der Waals surface area contributed by atoms with Crippen molar-refractivity contribution in [3.63, 3.8) is 0 Å². The molecule has 0 aromatic heterocycles. The average Bonchev–Trinajstić information content (AvgIpc) is 2.15. The quantitative estimate of drug-likeness (QED) is 0.732. The fraction of sp³-hybridized carbons (Fsp3) is 0.875. The van der Waals surface area contributed by atoms with Crippen LogP contribution in [0.3, 0.4) is 0 Å². The molecular formula is C8H17ClN2O2. The predicted octanol–water partition coefficient (Wildman–Crippen LogP) is 0.860. The molecule has 5 heteroatoms. The third-order valence-corrected chi connectivity index (χ3v) is 1.80. The number of carbonyl (C=O) groups excluding carboxylic acids is 1. The number of hydrogen-bond donors (Lipinski definition) is 1. The molecule has 1 aliphatic rings. The van der Waals surface area contributed by atoms with Gasteiger partial charge in [0.05, 0.1) is 6.61 Å². The first-order chi connectivity index (χ1) is 5.84. The van der Waals surface area contributed by atoms with Crippen molar-refractivity contribution in [2.45, 2.75) is 13.3 Å². The molecule has 0 spiro atoms. The summed E-state index contributed by atoms with van der Waals surface area (Å²) in [5.41, 5.74) is 0. The smallest absolute Gasteiger partial charge is 0.409 e. The number of carbonyl (C=O) groups is 1. The van der Waals surface area contributed by atoms with E-state index in [9.17, 15) is 4.79 Å². The highest BCUT2D eigenvalue weighted by Gasteiger charge is 2.16. The third-order valence-electron chi connectivity index (χ3n) is 1.80. The fourth-order valence-electron chi connectivity index (χ4n) is 1.13. The number of nitrogens with zero attached hydrogens (tertiary/aromatic N) is 1. The van der Waals surface area contributed by atoms with E-state index in [4.69, 9.17) is 4.74 Å². The van der Waals surface area contributed by atoms with E-state index in [1.54, 1.807) is 4.90 Å². The zero-order valence-corrected chi connectivity index (χ0v) is 8.73. The molecule has 0 aromatic carbocycles. The van der Waals surface area contributed by atoms with E-state index in [0.29, 0.717) is 6.61 Å². The van der Waals surface area contributed by atoms with Gasteiger partial charge in [-0.05, 0) is 6.42 Å². The Kier molecular flexibility index (Phi) is 6.72. The van der Waals surface area contributed by atoms with E-state index in [1.807, 2.05) is 6.92 Å². The van der Waals surface area contributed by atoms with Gasteiger partial charge in [-0.3, -0.25) is 0 Å². The van der Waals surface area contributed by atoms with Crippen molar-refractivity contribution < 1.29 is 9.53 Å². The summed E-state index contributed by atoms with van der Waals surface area (Å²) in [4.78, 5) is 13.0. The lowest BCUT2D eigenvalue weighted by molar-refractivity contribution is 0.0978. The number of amides is 1. The summed E-state index contributed by atoms with van der Waals surface area (Å²) < 4.78 is 4.99. The van der Waals surface area contributed by atoms with Crippen LogP contribution in [0.4, 0.5) is 4.79 Å². The SMILES string of the molecule is CCCOC(=O)N1CCNCC1.Cl. The molecular weight excluding hydrogens is 192 g/mol. The second-order valence-corrected chi connectivity index (χ2v) is 2.85. The molecule has 0 saturated carbocycles. The van der Waals surface area contributed by atoms with Crippen LogP contribution in [0.5, 0.6) is 0 Å². The minimum absolute atomic E-state index is 0. The van der Waals surface area contributed by atoms with Crippen molar-refractivity contribution >= 4 is 18.5 Å². The van der Waals surface area contributed by atoms with Gasteiger partial charge >= 0.3 is 6.09 Å². The molecule has 0 unspecified atom stereocenters. The zero-order chi connectivity index (χ0) is 8.81. The minimum atomic E-state index is -0.168. The van der Waals surface area contributed by atoms with Crippen LogP contribution in [0.2, 0.25) is 0 Å². The Morgan fingerprint density at radius 1 is 1.46 bits per heavy atom. The molecule has 1 aliphatic heterocycles. The summed E-state index contributed by atoms with van der Waals surface area (Å²) >= 11 is 0. The van der Waals surface area contributed by atoms with E-state index in [1.165, 1.54) is 0 Å². The average molecular weight is 209 g/mol. The molecule has 1 amide bonds. The lowest BCUT2D eigenvalue weighted by Gasteiger charge is -2.26. The van der Waals surface area contributed by atoms with E-state index >= 15 is 0 Å². The molecule has 1 heterocycles. The summed E-state index contributed by atoms with van der Waals surface area (Å²) in [5, 5.41) is 3.18. The van der Waals surface area contributed by atoms with Gasteiger partial charge in [0.2, 0.25) is 0 Å². The van der Waals surface area contributed by atoms with Gasteiger partial charge in [-0.15, -0.1) is 12.4 Å². The van der Waals surface area contributed by atoms with Gasteiger partial charge in [-0.2, -0.15) is 0 Å². The normalized spacial score (nSPS) is 16.2. The van der Waals surface area contributed by atoms with Crippen LogP contribution in [0.25, 0.3) is 0 Å². The summed E-state index contributed by atoms with van der Waals surface area (Å²) in [6, 6.07) is 0. The first kappa shape index (κ1) is 12.5. The largest absolute Gasteiger partial charge is 0.449 e. The zero-order valence-electron chi connectivity index (χ0n) is 7.91. The fourth-order valence-corrected chi connectivity index (χ4v) is 1.13. The highest BCUT2D eigenvalue weighted by Crippen LogP contribution is 1.96. The van der Waals surface area contributed by atoms with Gasteiger partial charge in [-0.25, -0.2) is 4.79 Å². The number of piperazine rings is 1. The second kappa shape index (κ2) is 6.97. The Bertz CT molecular complexity index is 149. The Morgan fingerprint density at radius 2 is 2.08 bits per heavy atom. The summed E-state index contributed by atoms with van der Waals surface area (Å²) in [5.74, 6) is 0. The molecule has 1 rings (SSSR count). The monoisotopic (exact) mass is 208 g/mol. The predicted molar refractivity (Wildman–Crippen MR) is 53.3 cm³/mol. The maximum absolute atomic E-state index is 11.2. The van der Waals surface area contributed by atoms with Crippen molar-refractivity contribution in [1.29, 1.82) is 0 Å². The molecule has 0 atom stereocenters. The number of hydrogen-bond acceptors (Lipinski definition) is 3. The van der Waals surface area contributed by atoms with Crippen LogP contribution < -0.4 is 5.32 Å². The molecule has 0 aliphatic carbocycles. The van der Waals surface area contributed by atoms with Crippen molar-refractivity contribution in [1.82, 2.24) is 10.2 Å². The molecule has 0 aromatic rings.